The van der Waals surface area contributed by atoms with Crippen LogP contribution in [0.25, 0.3) is 0 Å². The summed E-state index contributed by atoms with van der Waals surface area (Å²) in [6.07, 6.45) is 7.69. The fraction of sp³-hybridized carbons (Fsp3) is 0.917. The molecule has 1 rings (SSSR count). The molecule has 0 aromatic carbocycles. The number of carbonyl (C=O) groups is 1. The molecule has 0 N–H and O–H groups in total. The van der Waals surface area contributed by atoms with E-state index in [1.807, 2.05) is 0 Å². The fourth-order valence-electron chi connectivity index (χ4n) is 2.58. The predicted octanol–water partition coefficient (Wildman–Crippen LogP) is 2.97. The van der Waals surface area contributed by atoms with Crippen LogP contribution in [-0.2, 0) is 4.79 Å². The van der Waals surface area contributed by atoms with E-state index in [9.17, 15) is 4.79 Å². The van der Waals surface area contributed by atoms with Crippen LogP contribution in [0.4, 0.5) is 0 Å². The molecular formula is C12H23NO. The molecule has 1 aliphatic rings. The van der Waals surface area contributed by atoms with Crippen molar-refractivity contribution in [3.8, 4) is 0 Å². The van der Waals surface area contributed by atoms with Crippen molar-refractivity contribution < 1.29 is 4.79 Å². The zero-order valence-corrected chi connectivity index (χ0v) is 9.75. The number of hydrogen-bond donors (Lipinski definition) is 0. The molecule has 0 aromatic rings. The molecule has 0 atom stereocenters. The van der Waals surface area contributed by atoms with E-state index in [0.29, 0.717) is 12.1 Å². The average Bonchev–Trinajstić information content (AvgIpc) is 2.31. The van der Waals surface area contributed by atoms with E-state index in [4.69, 9.17) is 0 Å². The first kappa shape index (κ1) is 11.5. The smallest absolute Gasteiger partial charge is 0.219 e. The second kappa shape index (κ2) is 5.38. The Morgan fingerprint density at radius 2 is 1.64 bits per heavy atom. The van der Waals surface area contributed by atoms with Gasteiger partial charge in [0.2, 0.25) is 5.91 Å². The van der Waals surface area contributed by atoms with Gasteiger partial charge in [-0.1, -0.05) is 25.7 Å². The lowest BCUT2D eigenvalue weighted by Gasteiger charge is -2.33. The van der Waals surface area contributed by atoms with Crippen LogP contribution in [-0.4, -0.2) is 22.9 Å². The van der Waals surface area contributed by atoms with Gasteiger partial charge < -0.3 is 4.90 Å². The fourth-order valence-corrected chi connectivity index (χ4v) is 2.58. The third-order valence-electron chi connectivity index (χ3n) is 3.14. The van der Waals surface area contributed by atoms with Gasteiger partial charge >= 0.3 is 0 Å². The molecular weight excluding hydrogens is 174 g/mol. The summed E-state index contributed by atoms with van der Waals surface area (Å²) in [7, 11) is 0. The highest BCUT2D eigenvalue weighted by Crippen LogP contribution is 2.23. The summed E-state index contributed by atoms with van der Waals surface area (Å²) < 4.78 is 0. The summed E-state index contributed by atoms with van der Waals surface area (Å²) in [4.78, 5) is 13.6. The Labute approximate surface area is 87.7 Å². The van der Waals surface area contributed by atoms with E-state index in [0.717, 1.165) is 0 Å². The maximum Gasteiger partial charge on any atom is 0.219 e. The van der Waals surface area contributed by atoms with E-state index in [-0.39, 0.29) is 5.91 Å². The standard InChI is InChI=1S/C12H23NO/c1-10(2)13(11(3)14)12-8-6-4-5-7-9-12/h10,12H,4-9H2,1-3H3. The van der Waals surface area contributed by atoms with E-state index in [1.54, 1.807) is 6.92 Å². The Morgan fingerprint density at radius 1 is 1.14 bits per heavy atom. The van der Waals surface area contributed by atoms with Gasteiger partial charge in [0.05, 0.1) is 0 Å². The molecule has 0 aromatic heterocycles. The van der Waals surface area contributed by atoms with Gasteiger partial charge in [0.15, 0.2) is 0 Å². The Hall–Kier alpha value is -0.530. The second-order valence-electron chi connectivity index (χ2n) is 4.67. The second-order valence-corrected chi connectivity index (χ2v) is 4.67. The van der Waals surface area contributed by atoms with Gasteiger partial charge in [-0.05, 0) is 26.7 Å². The van der Waals surface area contributed by atoms with Gasteiger partial charge in [-0.15, -0.1) is 0 Å². The molecule has 0 heterocycles. The van der Waals surface area contributed by atoms with Gasteiger partial charge in [0, 0.05) is 19.0 Å². The first-order valence-corrected chi connectivity index (χ1v) is 5.92. The lowest BCUT2D eigenvalue weighted by Crippen LogP contribution is -2.43. The number of nitrogens with zero attached hydrogens (tertiary/aromatic N) is 1. The van der Waals surface area contributed by atoms with Crippen LogP contribution in [0.1, 0.15) is 59.3 Å². The van der Waals surface area contributed by atoms with Crippen molar-refractivity contribution in [3.05, 3.63) is 0 Å². The Kier molecular flexibility index (Phi) is 4.43. The van der Waals surface area contributed by atoms with Gasteiger partial charge in [-0.3, -0.25) is 4.79 Å². The molecule has 2 heteroatoms. The summed E-state index contributed by atoms with van der Waals surface area (Å²) in [5.41, 5.74) is 0. The predicted molar refractivity (Wildman–Crippen MR) is 59.1 cm³/mol. The number of amides is 1. The van der Waals surface area contributed by atoms with Crippen LogP contribution in [0.15, 0.2) is 0 Å². The van der Waals surface area contributed by atoms with Gasteiger partial charge in [0.25, 0.3) is 0 Å². The highest BCUT2D eigenvalue weighted by Gasteiger charge is 2.23. The Bertz CT molecular complexity index is 181. The lowest BCUT2D eigenvalue weighted by atomic mass is 10.1. The SMILES string of the molecule is CC(=O)N(C(C)C)C1CCCCCC1. The van der Waals surface area contributed by atoms with Gasteiger partial charge in [-0.2, -0.15) is 0 Å². The molecule has 0 unspecified atom stereocenters. The van der Waals surface area contributed by atoms with Crippen LogP contribution in [0.3, 0.4) is 0 Å². The van der Waals surface area contributed by atoms with Crippen molar-refractivity contribution in [2.45, 2.75) is 71.4 Å². The van der Waals surface area contributed by atoms with E-state index in [1.165, 1.54) is 38.5 Å². The molecule has 0 spiro atoms. The highest BCUT2D eigenvalue weighted by atomic mass is 16.2. The number of carbonyl (C=O) groups excluding carboxylic acids is 1. The van der Waals surface area contributed by atoms with Crippen molar-refractivity contribution in [2.24, 2.45) is 0 Å². The molecule has 2 nitrogen and oxygen atoms in total. The molecule has 1 amide bonds. The first-order valence-electron chi connectivity index (χ1n) is 5.92. The summed E-state index contributed by atoms with van der Waals surface area (Å²) in [5.74, 6) is 0.243. The summed E-state index contributed by atoms with van der Waals surface area (Å²) in [6, 6.07) is 0.866. The van der Waals surface area contributed by atoms with Crippen molar-refractivity contribution in [1.82, 2.24) is 4.90 Å². The van der Waals surface area contributed by atoms with E-state index in [2.05, 4.69) is 18.7 Å². The third kappa shape index (κ3) is 3.00. The zero-order valence-electron chi connectivity index (χ0n) is 9.75. The minimum atomic E-state index is 0.243. The molecule has 1 fully saturated rings. The normalized spacial score (nSPS) is 19.4. The molecule has 0 aliphatic heterocycles. The summed E-state index contributed by atoms with van der Waals surface area (Å²) in [6.45, 7) is 5.93. The molecule has 14 heavy (non-hydrogen) atoms. The number of hydrogen-bond acceptors (Lipinski definition) is 1. The molecule has 82 valence electrons. The lowest BCUT2D eigenvalue weighted by molar-refractivity contribution is -0.133. The number of rotatable bonds is 2. The van der Waals surface area contributed by atoms with Crippen molar-refractivity contribution in [3.63, 3.8) is 0 Å². The molecule has 0 saturated heterocycles. The molecule has 0 radical (unpaired) electrons. The van der Waals surface area contributed by atoms with Crippen LogP contribution < -0.4 is 0 Å². The topological polar surface area (TPSA) is 20.3 Å². The van der Waals surface area contributed by atoms with Crippen LogP contribution in [0.2, 0.25) is 0 Å². The van der Waals surface area contributed by atoms with Crippen molar-refractivity contribution >= 4 is 5.91 Å². The van der Waals surface area contributed by atoms with Crippen LogP contribution >= 0.6 is 0 Å². The first-order chi connectivity index (χ1) is 6.63. The molecule has 1 aliphatic carbocycles. The van der Waals surface area contributed by atoms with E-state index < -0.39 is 0 Å². The minimum absolute atomic E-state index is 0.243. The molecule has 1 saturated carbocycles. The molecule has 0 bridgehead atoms. The maximum absolute atomic E-state index is 11.5. The van der Waals surface area contributed by atoms with Crippen LogP contribution in [0, 0.1) is 0 Å². The van der Waals surface area contributed by atoms with Gasteiger partial charge in [-0.25, -0.2) is 0 Å². The highest BCUT2D eigenvalue weighted by molar-refractivity contribution is 5.73. The Morgan fingerprint density at radius 3 is 2.00 bits per heavy atom. The summed E-state index contributed by atoms with van der Waals surface area (Å²) >= 11 is 0. The largest absolute Gasteiger partial charge is 0.338 e. The van der Waals surface area contributed by atoms with Crippen LogP contribution in [0.5, 0.6) is 0 Å². The van der Waals surface area contributed by atoms with E-state index >= 15 is 0 Å². The average molecular weight is 197 g/mol. The maximum atomic E-state index is 11.5. The minimum Gasteiger partial charge on any atom is -0.338 e. The monoisotopic (exact) mass is 197 g/mol. The third-order valence-corrected chi connectivity index (χ3v) is 3.14. The van der Waals surface area contributed by atoms with Gasteiger partial charge in [0.1, 0.15) is 0 Å². The summed E-state index contributed by atoms with van der Waals surface area (Å²) in [5, 5.41) is 0. The van der Waals surface area contributed by atoms with Crippen molar-refractivity contribution in [2.75, 3.05) is 0 Å². The van der Waals surface area contributed by atoms with Crippen molar-refractivity contribution in [1.29, 1.82) is 0 Å². The zero-order chi connectivity index (χ0) is 10.6. The quantitative estimate of drug-likeness (QED) is 0.623. The Balaban J connectivity index is 2.60.